The summed E-state index contributed by atoms with van der Waals surface area (Å²) in [7, 11) is 0. The van der Waals surface area contributed by atoms with E-state index in [1.807, 2.05) is 0 Å². The van der Waals surface area contributed by atoms with Gasteiger partial charge in [-0.1, -0.05) is 0 Å². The van der Waals surface area contributed by atoms with Gasteiger partial charge in [-0.3, -0.25) is 9.59 Å². The molecule has 0 aliphatic carbocycles. The van der Waals surface area contributed by atoms with Crippen LogP contribution in [0.4, 0.5) is 10.1 Å². The SMILES string of the molecule is NC(=O)c1ccc(Oc2ccc(C(=O)NCC3CCN(c4ccc(F)cc4)C3)cc2)cc1. The molecule has 1 heterocycles. The number of nitrogens with two attached hydrogens (primary N) is 1. The maximum absolute atomic E-state index is 13.1. The normalized spacial score (nSPS) is 15.4. The zero-order valence-electron chi connectivity index (χ0n) is 17.5. The fourth-order valence-corrected chi connectivity index (χ4v) is 3.72. The first-order chi connectivity index (χ1) is 15.5. The topological polar surface area (TPSA) is 84.7 Å². The second kappa shape index (κ2) is 9.51. The van der Waals surface area contributed by atoms with Crippen molar-refractivity contribution in [3.63, 3.8) is 0 Å². The molecule has 0 radical (unpaired) electrons. The van der Waals surface area contributed by atoms with Crippen LogP contribution >= 0.6 is 0 Å². The Morgan fingerprint density at radius 3 is 2.12 bits per heavy atom. The molecular weight excluding hydrogens is 409 g/mol. The molecule has 164 valence electrons. The third kappa shape index (κ3) is 5.24. The quantitative estimate of drug-likeness (QED) is 0.590. The first kappa shape index (κ1) is 21.4. The number of nitrogens with zero attached hydrogens (tertiary/aromatic N) is 1. The van der Waals surface area contributed by atoms with Crippen LogP contribution in [0.25, 0.3) is 0 Å². The Hall–Kier alpha value is -3.87. The average molecular weight is 433 g/mol. The zero-order valence-corrected chi connectivity index (χ0v) is 17.5. The van der Waals surface area contributed by atoms with Crippen molar-refractivity contribution in [1.82, 2.24) is 5.32 Å². The van der Waals surface area contributed by atoms with Gasteiger partial charge in [-0.25, -0.2) is 4.39 Å². The number of halogens is 1. The molecule has 6 nitrogen and oxygen atoms in total. The van der Waals surface area contributed by atoms with Gasteiger partial charge in [-0.05, 0) is 85.1 Å². The minimum atomic E-state index is -0.493. The smallest absolute Gasteiger partial charge is 0.251 e. The Bertz CT molecular complexity index is 1080. The summed E-state index contributed by atoms with van der Waals surface area (Å²) in [4.78, 5) is 25.8. The highest BCUT2D eigenvalue weighted by molar-refractivity contribution is 5.94. The lowest BCUT2D eigenvalue weighted by atomic mass is 10.1. The van der Waals surface area contributed by atoms with E-state index >= 15 is 0 Å². The van der Waals surface area contributed by atoms with E-state index < -0.39 is 5.91 Å². The maximum Gasteiger partial charge on any atom is 0.251 e. The minimum Gasteiger partial charge on any atom is -0.457 e. The summed E-state index contributed by atoms with van der Waals surface area (Å²) in [6, 6.07) is 19.9. The molecule has 1 unspecified atom stereocenters. The number of primary amides is 1. The summed E-state index contributed by atoms with van der Waals surface area (Å²) in [5, 5.41) is 3.00. The Balaban J connectivity index is 1.27. The average Bonchev–Trinajstić information content (AvgIpc) is 3.28. The van der Waals surface area contributed by atoms with E-state index in [4.69, 9.17) is 10.5 Å². The van der Waals surface area contributed by atoms with E-state index in [1.54, 1.807) is 60.7 Å². The first-order valence-corrected chi connectivity index (χ1v) is 10.4. The number of anilines is 1. The molecule has 3 aromatic rings. The number of ether oxygens (including phenoxy) is 1. The lowest BCUT2D eigenvalue weighted by Crippen LogP contribution is -2.31. The van der Waals surface area contributed by atoms with Crippen molar-refractivity contribution in [2.45, 2.75) is 6.42 Å². The predicted molar refractivity (Wildman–Crippen MR) is 121 cm³/mol. The van der Waals surface area contributed by atoms with Crippen LogP contribution in [0.2, 0.25) is 0 Å². The molecule has 1 aliphatic rings. The van der Waals surface area contributed by atoms with Gasteiger partial charge in [0.05, 0.1) is 0 Å². The molecule has 1 aliphatic heterocycles. The molecule has 1 fully saturated rings. The van der Waals surface area contributed by atoms with E-state index in [9.17, 15) is 14.0 Å². The Morgan fingerprint density at radius 1 is 0.938 bits per heavy atom. The Morgan fingerprint density at radius 2 is 1.53 bits per heavy atom. The molecule has 0 spiro atoms. The van der Waals surface area contributed by atoms with Crippen molar-refractivity contribution in [1.29, 1.82) is 0 Å². The van der Waals surface area contributed by atoms with Gasteiger partial charge >= 0.3 is 0 Å². The number of carbonyl (C=O) groups excluding carboxylic acids is 2. The number of benzene rings is 3. The van der Waals surface area contributed by atoms with Gasteiger partial charge in [0, 0.05) is 36.4 Å². The molecule has 3 N–H and O–H groups in total. The van der Waals surface area contributed by atoms with Crippen molar-refractivity contribution in [3.05, 3.63) is 89.7 Å². The van der Waals surface area contributed by atoms with E-state index in [2.05, 4.69) is 10.2 Å². The van der Waals surface area contributed by atoms with Gasteiger partial charge in [-0.2, -0.15) is 0 Å². The van der Waals surface area contributed by atoms with Crippen LogP contribution in [0.5, 0.6) is 11.5 Å². The number of hydrogen-bond acceptors (Lipinski definition) is 4. The van der Waals surface area contributed by atoms with E-state index in [0.717, 1.165) is 25.2 Å². The lowest BCUT2D eigenvalue weighted by Gasteiger charge is -2.18. The van der Waals surface area contributed by atoms with Crippen molar-refractivity contribution in [3.8, 4) is 11.5 Å². The van der Waals surface area contributed by atoms with Crippen LogP contribution in [-0.4, -0.2) is 31.4 Å². The summed E-state index contributed by atoms with van der Waals surface area (Å²) >= 11 is 0. The van der Waals surface area contributed by atoms with Crippen molar-refractivity contribution >= 4 is 17.5 Å². The third-order valence-electron chi connectivity index (χ3n) is 5.52. The molecule has 4 rings (SSSR count). The van der Waals surface area contributed by atoms with Gasteiger partial charge in [0.1, 0.15) is 17.3 Å². The maximum atomic E-state index is 13.1. The van der Waals surface area contributed by atoms with Crippen LogP contribution in [0.1, 0.15) is 27.1 Å². The van der Waals surface area contributed by atoms with Crippen molar-refractivity contribution in [2.24, 2.45) is 11.7 Å². The van der Waals surface area contributed by atoms with E-state index in [1.165, 1.54) is 12.1 Å². The number of rotatable bonds is 7. The van der Waals surface area contributed by atoms with Crippen LogP contribution in [-0.2, 0) is 0 Å². The highest BCUT2D eigenvalue weighted by Crippen LogP contribution is 2.24. The summed E-state index contributed by atoms with van der Waals surface area (Å²) in [6.07, 6.45) is 0.971. The Labute approximate surface area is 185 Å². The van der Waals surface area contributed by atoms with Gasteiger partial charge in [0.15, 0.2) is 0 Å². The summed E-state index contributed by atoms with van der Waals surface area (Å²) in [5.74, 6) is 0.623. The molecular formula is C25H24FN3O3. The molecule has 2 amide bonds. The first-order valence-electron chi connectivity index (χ1n) is 10.4. The fourth-order valence-electron chi connectivity index (χ4n) is 3.72. The van der Waals surface area contributed by atoms with Crippen molar-refractivity contribution in [2.75, 3.05) is 24.5 Å². The third-order valence-corrected chi connectivity index (χ3v) is 5.52. The number of nitrogens with one attached hydrogen (secondary N) is 1. The van der Waals surface area contributed by atoms with Crippen LogP contribution in [0.15, 0.2) is 72.8 Å². The number of amides is 2. The molecule has 0 saturated carbocycles. The monoisotopic (exact) mass is 433 g/mol. The van der Waals surface area contributed by atoms with Gasteiger partial charge in [0.2, 0.25) is 5.91 Å². The molecule has 7 heteroatoms. The highest BCUT2D eigenvalue weighted by atomic mass is 19.1. The summed E-state index contributed by atoms with van der Waals surface area (Å²) < 4.78 is 18.8. The van der Waals surface area contributed by atoms with Gasteiger partial charge in [0.25, 0.3) is 5.91 Å². The second-order valence-electron chi connectivity index (χ2n) is 7.80. The highest BCUT2D eigenvalue weighted by Gasteiger charge is 2.23. The molecule has 3 aromatic carbocycles. The second-order valence-corrected chi connectivity index (χ2v) is 7.80. The van der Waals surface area contributed by atoms with E-state index in [-0.39, 0.29) is 11.7 Å². The number of hydrogen-bond donors (Lipinski definition) is 2. The van der Waals surface area contributed by atoms with Crippen LogP contribution < -0.4 is 20.7 Å². The Kier molecular flexibility index (Phi) is 6.35. The molecule has 1 saturated heterocycles. The largest absolute Gasteiger partial charge is 0.457 e. The predicted octanol–water partition coefficient (Wildman–Crippen LogP) is 3.97. The van der Waals surface area contributed by atoms with Gasteiger partial charge < -0.3 is 20.7 Å². The minimum absolute atomic E-state index is 0.136. The number of carbonyl (C=O) groups is 2. The summed E-state index contributed by atoms with van der Waals surface area (Å²) in [5.41, 5.74) is 7.19. The summed E-state index contributed by atoms with van der Waals surface area (Å²) in [6.45, 7) is 2.30. The van der Waals surface area contributed by atoms with E-state index in [0.29, 0.717) is 35.1 Å². The van der Waals surface area contributed by atoms with Crippen molar-refractivity contribution < 1.29 is 18.7 Å². The molecule has 1 atom stereocenters. The zero-order chi connectivity index (χ0) is 22.5. The lowest BCUT2D eigenvalue weighted by molar-refractivity contribution is 0.0947. The fraction of sp³-hybridized carbons (Fsp3) is 0.200. The van der Waals surface area contributed by atoms with Gasteiger partial charge in [-0.15, -0.1) is 0 Å². The standard InChI is InChI=1S/C25H24FN3O3/c26-20-5-7-21(8-6-20)29-14-13-17(16-29)15-28-25(31)19-3-11-23(12-4-19)32-22-9-1-18(2-10-22)24(27)30/h1-12,17H,13-16H2,(H2,27,30)(H,28,31). The molecule has 0 aromatic heterocycles. The van der Waals surface area contributed by atoms with Crippen LogP contribution in [0, 0.1) is 11.7 Å². The molecule has 32 heavy (non-hydrogen) atoms. The molecule has 0 bridgehead atoms. The van der Waals surface area contributed by atoms with Crippen LogP contribution in [0.3, 0.4) is 0 Å².